The van der Waals surface area contributed by atoms with Crippen molar-refractivity contribution in [3.8, 4) is 6.07 Å². The maximum atomic E-state index is 13.7. The lowest BCUT2D eigenvalue weighted by Gasteiger charge is -2.19. The molecule has 0 spiro atoms. The Balaban J connectivity index is 2.01. The fourth-order valence-electron chi connectivity index (χ4n) is 2.59. The van der Waals surface area contributed by atoms with E-state index in [1.807, 2.05) is 19.9 Å². The molecule has 1 amide bonds. The first-order chi connectivity index (χ1) is 10.0. The summed E-state index contributed by atoms with van der Waals surface area (Å²) in [5, 5.41) is 11.8. The number of amides is 1. The predicted molar refractivity (Wildman–Crippen MR) is 76.2 cm³/mol. The number of carbonyl (C=O) groups excluding carboxylic acids is 1. The highest BCUT2D eigenvalue weighted by Crippen LogP contribution is 2.20. The minimum absolute atomic E-state index is 0.130. The smallest absolute Gasteiger partial charge is 0.221 e. The summed E-state index contributed by atoms with van der Waals surface area (Å²) in [6.45, 7) is 3.99. The third-order valence-corrected chi connectivity index (χ3v) is 3.89. The van der Waals surface area contributed by atoms with Crippen molar-refractivity contribution in [1.29, 1.82) is 5.26 Å². The van der Waals surface area contributed by atoms with Gasteiger partial charge in [-0.2, -0.15) is 5.26 Å². The third kappa shape index (κ3) is 3.57. The van der Waals surface area contributed by atoms with Crippen LogP contribution in [0.15, 0.2) is 24.3 Å². The Bertz CT molecular complexity index is 547. The van der Waals surface area contributed by atoms with E-state index in [9.17, 15) is 9.18 Å². The SMILES string of the molecule is CC1NNC(C)C1CC(=O)NC(C#N)c1ccccc1F. The molecule has 3 unspecified atom stereocenters. The maximum Gasteiger partial charge on any atom is 0.221 e. The number of halogens is 1. The molecule has 1 heterocycles. The molecule has 0 aliphatic carbocycles. The molecule has 6 heteroatoms. The number of carbonyl (C=O) groups is 1. The molecule has 1 aliphatic rings. The number of benzene rings is 1. The van der Waals surface area contributed by atoms with E-state index in [0.717, 1.165) is 0 Å². The van der Waals surface area contributed by atoms with E-state index in [-0.39, 0.29) is 35.9 Å². The molecule has 0 radical (unpaired) electrons. The molecule has 3 atom stereocenters. The first-order valence-electron chi connectivity index (χ1n) is 6.97. The van der Waals surface area contributed by atoms with Crippen LogP contribution in [0.2, 0.25) is 0 Å². The zero-order chi connectivity index (χ0) is 15.4. The van der Waals surface area contributed by atoms with E-state index in [1.165, 1.54) is 12.1 Å². The summed E-state index contributed by atoms with van der Waals surface area (Å²) in [6, 6.07) is 7.28. The van der Waals surface area contributed by atoms with Crippen LogP contribution in [0.4, 0.5) is 4.39 Å². The largest absolute Gasteiger partial charge is 0.337 e. The van der Waals surface area contributed by atoms with Crippen LogP contribution in [-0.4, -0.2) is 18.0 Å². The van der Waals surface area contributed by atoms with Crippen molar-refractivity contribution < 1.29 is 9.18 Å². The number of nitrogens with one attached hydrogen (secondary N) is 3. The molecule has 1 aromatic carbocycles. The van der Waals surface area contributed by atoms with Gasteiger partial charge in [0.05, 0.1) is 6.07 Å². The molecule has 112 valence electrons. The number of hydrogen-bond acceptors (Lipinski definition) is 4. The fourth-order valence-corrected chi connectivity index (χ4v) is 2.59. The topological polar surface area (TPSA) is 76.9 Å². The van der Waals surface area contributed by atoms with Gasteiger partial charge in [-0.05, 0) is 19.9 Å². The van der Waals surface area contributed by atoms with Crippen LogP contribution in [0, 0.1) is 23.1 Å². The molecule has 5 nitrogen and oxygen atoms in total. The Morgan fingerprint density at radius 3 is 2.57 bits per heavy atom. The van der Waals surface area contributed by atoms with Crippen molar-refractivity contribution in [2.24, 2.45) is 5.92 Å². The van der Waals surface area contributed by atoms with E-state index in [1.54, 1.807) is 12.1 Å². The summed E-state index contributed by atoms with van der Waals surface area (Å²) < 4.78 is 13.7. The first-order valence-corrected chi connectivity index (χ1v) is 6.97. The normalized spacial score (nSPS) is 26.1. The van der Waals surface area contributed by atoms with Crippen LogP contribution in [0.25, 0.3) is 0 Å². The second kappa shape index (κ2) is 6.66. The van der Waals surface area contributed by atoms with E-state index >= 15 is 0 Å². The summed E-state index contributed by atoms with van der Waals surface area (Å²) in [6.07, 6.45) is 0.287. The van der Waals surface area contributed by atoms with Crippen molar-refractivity contribution in [1.82, 2.24) is 16.2 Å². The minimum Gasteiger partial charge on any atom is -0.337 e. The molecule has 0 aromatic heterocycles. The molecule has 0 saturated carbocycles. The molecule has 0 bridgehead atoms. The van der Waals surface area contributed by atoms with Gasteiger partial charge in [0.1, 0.15) is 11.9 Å². The van der Waals surface area contributed by atoms with Crippen molar-refractivity contribution in [2.45, 2.75) is 38.4 Å². The lowest BCUT2D eigenvalue weighted by molar-refractivity contribution is -0.122. The van der Waals surface area contributed by atoms with Crippen molar-refractivity contribution >= 4 is 5.91 Å². The number of hydrogen-bond donors (Lipinski definition) is 3. The number of rotatable bonds is 4. The number of nitrogens with zero attached hydrogens (tertiary/aromatic N) is 1. The Morgan fingerprint density at radius 1 is 1.38 bits per heavy atom. The van der Waals surface area contributed by atoms with Gasteiger partial charge in [-0.15, -0.1) is 0 Å². The maximum absolute atomic E-state index is 13.7. The van der Waals surface area contributed by atoms with Crippen LogP contribution in [-0.2, 0) is 4.79 Å². The van der Waals surface area contributed by atoms with Crippen LogP contribution >= 0.6 is 0 Å². The zero-order valence-corrected chi connectivity index (χ0v) is 12.1. The van der Waals surface area contributed by atoms with Crippen molar-refractivity contribution in [2.75, 3.05) is 0 Å². The second-order valence-electron chi connectivity index (χ2n) is 5.39. The van der Waals surface area contributed by atoms with Gasteiger partial charge in [0.2, 0.25) is 5.91 Å². The van der Waals surface area contributed by atoms with Crippen molar-refractivity contribution in [3.63, 3.8) is 0 Å². The van der Waals surface area contributed by atoms with Gasteiger partial charge in [0.15, 0.2) is 0 Å². The fraction of sp³-hybridized carbons (Fsp3) is 0.467. The van der Waals surface area contributed by atoms with Crippen LogP contribution in [0.5, 0.6) is 0 Å². The monoisotopic (exact) mass is 290 g/mol. The Morgan fingerprint density at radius 2 is 2.00 bits per heavy atom. The molecule has 1 saturated heterocycles. The van der Waals surface area contributed by atoms with Gasteiger partial charge in [0.25, 0.3) is 0 Å². The average Bonchev–Trinajstić information content (AvgIpc) is 2.77. The van der Waals surface area contributed by atoms with Crippen LogP contribution < -0.4 is 16.2 Å². The van der Waals surface area contributed by atoms with Gasteiger partial charge < -0.3 is 5.32 Å². The average molecular weight is 290 g/mol. The molecule has 3 N–H and O–H groups in total. The van der Waals surface area contributed by atoms with Gasteiger partial charge in [0, 0.05) is 30.0 Å². The summed E-state index contributed by atoms with van der Waals surface area (Å²) >= 11 is 0. The standard InChI is InChI=1S/C15H19FN4O/c1-9-12(10(2)20-19-9)7-15(21)18-14(8-17)11-5-3-4-6-13(11)16/h3-6,9-10,12,14,19-20H,7H2,1-2H3,(H,18,21). The van der Waals surface area contributed by atoms with E-state index in [2.05, 4.69) is 16.2 Å². The number of nitriles is 1. The first kappa shape index (κ1) is 15.4. The summed E-state index contributed by atoms with van der Waals surface area (Å²) in [7, 11) is 0. The third-order valence-electron chi connectivity index (χ3n) is 3.89. The van der Waals surface area contributed by atoms with E-state index < -0.39 is 11.9 Å². The Hall–Kier alpha value is -1.97. The molecule has 1 aromatic rings. The quantitative estimate of drug-likeness (QED) is 0.783. The van der Waals surface area contributed by atoms with E-state index in [4.69, 9.17) is 5.26 Å². The van der Waals surface area contributed by atoms with Gasteiger partial charge >= 0.3 is 0 Å². The molecular weight excluding hydrogens is 271 g/mol. The lowest BCUT2D eigenvalue weighted by atomic mass is 9.92. The van der Waals surface area contributed by atoms with E-state index in [0.29, 0.717) is 0 Å². The summed E-state index contributed by atoms with van der Waals surface area (Å²) in [5.74, 6) is -0.612. The van der Waals surface area contributed by atoms with Crippen LogP contribution in [0.1, 0.15) is 31.9 Å². The molecule has 1 aliphatic heterocycles. The molecular formula is C15H19FN4O. The van der Waals surface area contributed by atoms with Gasteiger partial charge in [-0.25, -0.2) is 4.39 Å². The highest BCUT2D eigenvalue weighted by molar-refractivity contribution is 5.77. The minimum atomic E-state index is -0.966. The molecule has 1 fully saturated rings. The van der Waals surface area contributed by atoms with Crippen LogP contribution in [0.3, 0.4) is 0 Å². The highest BCUT2D eigenvalue weighted by Gasteiger charge is 2.32. The lowest BCUT2D eigenvalue weighted by Crippen LogP contribution is -2.34. The summed E-state index contributed by atoms with van der Waals surface area (Å²) in [4.78, 5) is 12.1. The van der Waals surface area contributed by atoms with Gasteiger partial charge in [-0.3, -0.25) is 15.6 Å². The Labute approximate surface area is 123 Å². The Kier molecular flexibility index (Phi) is 4.89. The van der Waals surface area contributed by atoms with Gasteiger partial charge in [-0.1, -0.05) is 18.2 Å². The predicted octanol–water partition coefficient (Wildman–Crippen LogP) is 1.40. The molecule has 2 rings (SSSR count). The highest BCUT2D eigenvalue weighted by atomic mass is 19.1. The number of hydrazine groups is 1. The van der Waals surface area contributed by atoms with Crippen molar-refractivity contribution in [3.05, 3.63) is 35.6 Å². The zero-order valence-electron chi connectivity index (χ0n) is 12.1. The molecule has 21 heavy (non-hydrogen) atoms. The second-order valence-corrected chi connectivity index (χ2v) is 5.39. The summed E-state index contributed by atoms with van der Waals surface area (Å²) in [5.41, 5.74) is 6.35.